The van der Waals surface area contributed by atoms with Crippen molar-refractivity contribution in [3.05, 3.63) is 59.7 Å². The van der Waals surface area contributed by atoms with E-state index in [1.165, 1.54) is 30.0 Å². The minimum Gasteiger partial charge on any atom is -0.480 e. The molecule has 0 radical (unpaired) electrons. The molecule has 2 unspecified atom stereocenters. The number of carboxylic acid groups (broad SMARTS) is 1. The number of benzene rings is 2. The van der Waals surface area contributed by atoms with Crippen LogP contribution in [0.2, 0.25) is 0 Å². The molecule has 2 aromatic rings. The lowest BCUT2D eigenvalue weighted by molar-refractivity contribution is -0.148. The fourth-order valence-corrected chi connectivity index (χ4v) is 4.04. The topological polar surface area (TPSA) is 95.9 Å². The molecular weight excluding hydrogens is 408 g/mol. The quantitative estimate of drug-likeness (QED) is 0.617. The highest BCUT2D eigenvalue weighted by atomic mass is 16.5. The van der Waals surface area contributed by atoms with E-state index in [4.69, 9.17) is 9.84 Å². The Bertz CT molecular complexity index is 944. The minimum absolute atomic E-state index is 0.0130. The largest absolute Gasteiger partial charge is 0.480 e. The zero-order valence-electron chi connectivity index (χ0n) is 18.7. The average molecular weight is 439 g/mol. The number of hydrogen-bond donors (Lipinski definition) is 2. The van der Waals surface area contributed by atoms with E-state index in [0.29, 0.717) is 12.8 Å². The van der Waals surface area contributed by atoms with Crippen molar-refractivity contribution >= 4 is 18.0 Å². The lowest BCUT2D eigenvalue weighted by Gasteiger charge is -2.23. The number of ether oxygens (including phenoxy) is 1. The first-order chi connectivity index (χ1) is 15.3. The predicted molar refractivity (Wildman–Crippen MR) is 121 cm³/mol. The van der Waals surface area contributed by atoms with Crippen LogP contribution in [0.4, 0.5) is 4.79 Å². The molecule has 170 valence electrons. The Morgan fingerprint density at radius 1 is 1.06 bits per heavy atom. The van der Waals surface area contributed by atoms with Gasteiger partial charge < -0.3 is 20.1 Å². The molecule has 7 heteroatoms. The van der Waals surface area contributed by atoms with Gasteiger partial charge in [0, 0.05) is 25.4 Å². The number of carbonyl (C=O) groups is 3. The summed E-state index contributed by atoms with van der Waals surface area (Å²) < 4.78 is 5.57. The van der Waals surface area contributed by atoms with E-state index < -0.39 is 18.1 Å². The second kappa shape index (κ2) is 10.3. The van der Waals surface area contributed by atoms with Crippen molar-refractivity contribution in [2.24, 2.45) is 0 Å². The van der Waals surface area contributed by atoms with Crippen LogP contribution in [0.1, 0.15) is 50.2 Å². The summed E-state index contributed by atoms with van der Waals surface area (Å²) in [6.45, 7) is 3.61. The van der Waals surface area contributed by atoms with Gasteiger partial charge in [-0.1, -0.05) is 55.5 Å². The molecule has 0 heterocycles. The van der Waals surface area contributed by atoms with E-state index in [2.05, 4.69) is 29.6 Å². The number of nitrogens with zero attached hydrogens (tertiary/aromatic N) is 1. The fourth-order valence-electron chi connectivity index (χ4n) is 4.04. The Balaban J connectivity index is 1.54. The van der Waals surface area contributed by atoms with Crippen molar-refractivity contribution in [1.29, 1.82) is 0 Å². The number of fused-ring (bicyclic) bond motifs is 3. The van der Waals surface area contributed by atoms with Crippen LogP contribution < -0.4 is 5.32 Å². The molecule has 3 rings (SSSR count). The van der Waals surface area contributed by atoms with Crippen molar-refractivity contribution in [3.8, 4) is 11.1 Å². The molecule has 32 heavy (non-hydrogen) atoms. The predicted octanol–water partition coefficient (Wildman–Crippen LogP) is 4.02. The molecule has 0 saturated carbocycles. The van der Waals surface area contributed by atoms with Gasteiger partial charge in [-0.15, -0.1) is 0 Å². The molecule has 0 bridgehead atoms. The van der Waals surface area contributed by atoms with Crippen molar-refractivity contribution in [2.45, 2.75) is 51.1 Å². The molecule has 0 fully saturated rings. The molecule has 2 N–H and O–H groups in total. The van der Waals surface area contributed by atoms with Crippen molar-refractivity contribution in [1.82, 2.24) is 10.2 Å². The maximum atomic E-state index is 12.5. The van der Waals surface area contributed by atoms with E-state index in [9.17, 15) is 14.4 Å². The van der Waals surface area contributed by atoms with Gasteiger partial charge in [0.05, 0.1) is 0 Å². The van der Waals surface area contributed by atoms with Gasteiger partial charge in [-0.3, -0.25) is 4.79 Å². The first kappa shape index (κ1) is 23.3. The third kappa shape index (κ3) is 5.10. The highest BCUT2D eigenvalue weighted by Gasteiger charge is 2.29. The molecule has 0 spiro atoms. The van der Waals surface area contributed by atoms with Crippen LogP contribution in [-0.4, -0.2) is 53.7 Å². The smallest absolute Gasteiger partial charge is 0.407 e. The second-order valence-electron chi connectivity index (χ2n) is 8.13. The first-order valence-corrected chi connectivity index (χ1v) is 10.9. The molecule has 0 aliphatic heterocycles. The first-order valence-electron chi connectivity index (χ1n) is 10.9. The molecule has 2 amide bonds. The SMILES string of the molecule is CCC(CCC(=O)N(C)C(C)C(=O)O)NC(=O)OCC1c2ccccc2-c2ccccc21. The van der Waals surface area contributed by atoms with Crippen LogP contribution in [-0.2, 0) is 14.3 Å². The normalized spacial score (nSPS) is 14.1. The zero-order valence-corrected chi connectivity index (χ0v) is 18.7. The summed E-state index contributed by atoms with van der Waals surface area (Å²) >= 11 is 0. The van der Waals surface area contributed by atoms with E-state index in [1.807, 2.05) is 31.2 Å². The van der Waals surface area contributed by atoms with E-state index in [0.717, 1.165) is 11.1 Å². The molecule has 0 aromatic heterocycles. The molecule has 2 atom stereocenters. The van der Waals surface area contributed by atoms with Gasteiger partial charge in [0.2, 0.25) is 5.91 Å². The number of alkyl carbamates (subject to hydrolysis) is 1. The van der Waals surface area contributed by atoms with Crippen molar-refractivity contribution < 1.29 is 24.2 Å². The fraction of sp³-hybridized carbons (Fsp3) is 0.400. The summed E-state index contributed by atoms with van der Waals surface area (Å²) in [6.07, 6.45) is 0.681. The molecule has 1 aliphatic rings. The number of nitrogens with one attached hydrogen (secondary N) is 1. The number of rotatable bonds is 9. The number of carboxylic acids is 1. The monoisotopic (exact) mass is 438 g/mol. The number of hydrogen-bond acceptors (Lipinski definition) is 4. The maximum absolute atomic E-state index is 12.5. The van der Waals surface area contributed by atoms with Crippen LogP contribution >= 0.6 is 0 Å². The number of amides is 2. The van der Waals surface area contributed by atoms with Gasteiger partial charge in [-0.25, -0.2) is 9.59 Å². The Kier molecular flexibility index (Phi) is 7.51. The summed E-state index contributed by atoms with van der Waals surface area (Å²) in [4.78, 5) is 37.0. The van der Waals surface area contributed by atoms with E-state index in [1.54, 1.807) is 0 Å². The van der Waals surface area contributed by atoms with Crippen LogP contribution in [0, 0.1) is 0 Å². The summed E-state index contributed by atoms with van der Waals surface area (Å²) in [5, 5.41) is 11.9. The molecule has 7 nitrogen and oxygen atoms in total. The van der Waals surface area contributed by atoms with Crippen LogP contribution in [0.25, 0.3) is 11.1 Å². The van der Waals surface area contributed by atoms with Gasteiger partial charge in [0.1, 0.15) is 12.6 Å². The zero-order chi connectivity index (χ0) is 23.3. The van der Waals surface area contributed by atoms with Crippen molar-refractivity contribution in [2.75, 3.05) is 13.7 Å². The van der Waals surface area contributed by atoms with Crippen LogP contribution in [0.3, 0.4) is 0 Å². The third-order valence-corrected chi connectivity index (χ3v) is 6.20. The van der Waals surface area contributed by atoms with Crippen molar-refractivity contribution in [3.63, 3.8) is 0 Å². The molecular formula is C25H30N2O5. The Hall–Kier alpha value is -3.35. The highest BCUT2D eigenvalue weighted by Crippen LogP contribution is 2.44. The molecule has 0 saturated heterocycles. The van der Waals surface area contributed by atoms with Crippen LogP contribution in [0.15, 0.2) is 48.5 Å². The standard InChI is InChI=1S/C25H30N2O5/c1-4-17(13-14-23(28)27(3)16(2)24(29)30)26-25(31)32-15-22-20-11-7-5-9-18(20)19-10-6-8-12-21(19)22/h5-12,16-17,22H,4,13-15H2,1-3H3,(H,26,31)(H,29,30). The van der Waals surface area contributed by atoms with E-state index >= 15 is 0 Å². The lowest BCUT2D eigenvalue weighted by atomic mass is 9.98. The Morgan fingerprint density at radius 2 is 1.62 bits per heavy atom. The second-order valence-corrected chi connectivity index (χ2v) is 8.13. The average Bonchev–Trinajstić information content (AvgIpc) is 3.12. The minimum atomic E-state index is -1.05. The van der Waals surface area contributed by atoms with Gasteiger partial charge in [-0.05, 0) is 42.0 Å². The summed E-state index contributed by atoms with van der Waals surface area (Å²) in [5.41, 5.74) is 4.63. The lowest BCUT2D eigenvalue weighted by Crippen LogP contribution is -2.41. The Labute approximate surface area is 188 Å². The number of aliphatic carboxylic acids is 1. The Morgan fingerprint density at radius 3 is 2.16 bits per heavy atom. The summed E-state index contributed by atoms with van der Waals surface area (Å²) in [6, 6.07) is 15.2. The van der Waals surface area contributed by atoms with Gasteiger partial charge in [0.15, 0.2) is 0 Å². The number of likely N-dealkylation sites (N-methyl/N-ethyl adjacent to an activating group) is 1. The third-order valence-electron chi connectivity index (χ3n) is 6.20. The van der Waals surface area contributed by atoms with Gasteiger partial charge >= 0.3 is 12.1 Å². The summed E-state index contributed by atoms with van der Waals surface area (Å²) in [7, 11) is 1.47. The molecule has 2 aromatic carbocycles. The van der Waals surface area contributed by atoms with Gasteiger partial charge in [-0.2, -0.15) is 0 Å². The highest BCUT2D eigenvalue weighted by molar-refractivity contribution is 5.83. The number of carbonyl (C=O) groups excluding carboxylic acids is 2. The summed E-state index contributed by atoms with van der Waals surface area (Å²) in [5.74, 6) is -1.33. The molecule has 1 aliphatic carbocycles. The van der Waals surface area contributed by atoms with Crippen LogP contribution in [0.5, 0.6) is 0 Å². The van der Waals surface area contributed by atoms with Gasteiger partial charge in [0.25, 0.3) is 0 Å². The maximum Gasteiger partial charge on any atom is 0.407 e. The van der Waals surface area contributed by atoms with E-state index in [-0.39, 0.29) is 30.9 Å².